The Morgan fingerprint density at radius 3 is 2.76 bits per heavy atom. The van der Waals surface area contributed by atoms with E-state index in [0.29, 0.717) is 5.41 Å². The molecule has 0 aromatic carbocycles. The van der Waals surface area contributed by atoms with Gasteiger partial charge in [0.1, 0.15) is 6.10 Å². The fourth-order valence-electron chi connectivity index (χ4n) is 2.10. The van der Waals surface area contributed by atoms with Crippen LogP contribution in [0, 0.1) is 5.41 Å². The number of nitrogens with zero attached hydrogens (tertiary/aromatic N) is 1. The van der Waals surface area contributed by atoms with Crippen LogP contribution >= 0.6 is 11.6 Å². The number of hydrogen-bond acceptors (Lipinski definition) is 3. The summed E-state index contributed by atoms with van der Waals surface area (Å²) in [7, 11) is 0. The van der Waals surface area contributed by atoms with E-state index in [-0.39, 0.29) is 22.6 Å². The SMILES string of the molecule is CC1(C)CCC(Oc2nc[nH]c(=O)c2Cl)CC1. The van der Waals surface area contributed by atoms with Gasteiger partial charge < -0.3 is 9.72 Å². The van der Waals surface area contributed by atoms with Gasteiger partial charge in [-0.25, -0.2) is 4.98 Å². The van der Waals surface area contributed by atoms with Crippen LogP contribution in [0.4, 0.5) is 0 Å². The van der Waals surface area contributed by atoms with E-state index >= 15 is 0 Å². The van der Waals surface area contributed by atoms with Gasteiger partial charge >= 0.3 is 0 Å². The summed E-state index contributed by atoms with van der Waals surface area (Å²) >= 11 is 5.84. The summed E-state index contributed by atoms with van der Waals surface area (Å²) in [5, 5.41) is 0.0392. The average Bonchev–Trinajstić information content (AvgIpc) is 2.27. The standard InChI is InChI=1S/C12H17ClN2O2/c1-12(2)5-3-8(4-6-12)17-11-9(13)10(16)14-7-15-11/h7-8H,3-6H2,1-2H3,(H,14,15,16). The number of H-pyrrole nitrogens is 1. The van der Waals surface area contributed by atoms with E-state index in [2.05, 4.69) is 23.8 Å². The van der Waals surface area contributed by atoms with Gasteiger partial charge in [0.15, 0.2) is 5.02 Å². The smallest absolute Gasteiger partial charge is 0.273 e. The first-order chi connectivity index (χ1) is 7.98. The number of ether oxygens (including phenoxy) is 1. The van der Waals surface area contributed by atoms with Crippen LogP contribution in [0.2, 0.25) is 5.02 Å². The van der Waals surface area contributed by atoms with Gasteiger partial charge in [0.25, 0.3) is 5.56 Å². The van der Waals surface area contributed by atoms with Gasteiger partial charge in [-0.3, -0.25) is 4.79 Å². The van der Waals surface area contributed by atoms with Crippen molar-refractivity contribution in [2.75, 3.05) is 0 Å². The van der Waals surface area contributed by atoms with Gasteiger partial charge in [-0.05, 0) is 31.1 Å². The Hall–Kier alpha value is -1.03. The van der Waals surface area contributed by atoms with E-state index in [9.17, 15) is 4.79 Å². The molecule has 2 rings (SSSR count). The summed E-state index contributed by atoms with van der Waals surface area (Å²) in [6.45, 7) is 4.53. The minimum Gasteiger partial charge on any atom is -0.473 e. The highest BCUT2D eigenvalue weighted by molar-refractivity contribution is 6.31. The van der Waals surface area contributed by atoms with Crippen LogP contribution < -0.4 is 10.3 Å². The van der Waals surface area contributed by atoms with Gasteiger partial charge in [-0.2, -0.15) is 0 Å². The molecule has 5 heteroatoms. The van der Waals surface area contributed by atoms with Crippen LogP contribution in [-0.4, -0.2) is 16.1 Å². The maximum atomic E-state index is 11.3. The molecule has 17 heavy (non-hydrogen) atoms. The van der Waals surface area contributed by atoms with Gasteiger partial charge in [0, 0.05) is 0 Å². The van der Waals surface area contributed by atoms with Crippen molar-refractivity contribution in [3.8, 4) is 5.88 Å². The van der Waals surface area contributed by atoms with Crippen molar-refractivity contribution < 1.29 is 4.74 Å². The molecule has 0 radical (unpaired) electrons. The second-order valence-electron chi connectivity index (χ2n) is 5.33. The van der Waals surface area contributed by atoms with Crippen molar-refractivity contribution in [1.82, 2.24) is 9.97 Å². The third kappa shape index (κ3) is 3.00. The third-order valence-corrected chi connectivity index (χ3v) is 3.66. The molecule has 1 fully saturated rings. The number of hydrogen-bond donors (Lipinski definition) is 1. The largest absolute Gasteiger partial charge is 0.473 e. The molecule has 1 aromatic rings. The predicted molar refractivity (Wildman–Crippen MR) is 66.5 cm³/mol. The lowest BCUT2D eigenvalue weighted by Crippen LogP contribution is -2.29. The summed E-state index contributed by atoms with van der Waals surface area (Å²) in [6.07, 6.45) is 5.65. The second-order valence-corrected chi connectivity index (χ2v) is 5.71. The van der Waals surface area contributed by atoms with Crippen molar-refractivity contribution in [2.45, 2.75) is 45.6 Å². The highest BCUT2D eigenvalue weighted by Gasteiger charge is 2.28. The summed E-state index contributed by atoms with van der Waals surface area (Å²) < 4.78 is 5.70. The van der Waals surface area contributed by atoms with Gasteiger partial charge in [-0.1, -0.05) is 25.4 Å². The number of aromatic amines is 1. The number of halogens is 1. The molecule has 0 unspecified atom stereocenters. The minimum atomic E-state index is -0.354. The van der Waals surface area contributed by atoms with E-state index in [4.69, 9.17) is 16.3 Å². The van der Waals surface area contributed by atoms with E-state index in [0.717, 1.165) is 25.7 Å². The molecule has 0 saturated heterocycles. The lowest BCUT2D eigenvalue weighted by atomic mass is 9.76. The molecule has 0 spiro atoms. The summed E-state index contributed by atoms with van der Waals surface area (Å²) in [4.78, 5) is 17.6. The lowest BCUT2D eigenvalue weighted by Gasteiger charge is -2.34. The Morgan fingerprint density at radius 1 is 1.47 bits per heavy atom. The van der Waals surface area contributed by atoms with Gasteiger partial charge in [0.05, 0.1) is 6.33 Å². The zero-order valence-corrected chi connectivity index (χ0v) is 10.9. The van der Waals surface area contributed by atoms with Crippen LogP contribution in [0.1, 0.15) is 39.5 Å². The van der Waals surface area contributed by atoms with E-state index in [1.54, 1.807) is 0 Å². The van der Waals surface area contributed by atoms with Crippen molar-refractivity contribution in [3.05, 3.63) is 21.7 Å². The zero-order chi connectivity index (χ0) is 12.5. The fraction of sp³-hybridized carbons (Fsp3) is 0.667. The first-order valence-corrected chi connectivity index (χ1v) is 6.25. The van der Waals surface area contributed by atoms with Gasteiger partial charge in [-0.15, -0.1) is 0 Å². The first-order valence-electron chi connectivity index (χ1n) is 5.88. The Morgan fingerprint density at radius 2 is 2.12 bits per heavy atom. The molecular weight excluding hydrogens is 240 g/mol. The predicted octanol–water partition coefficient (Wildman–Crippen LogP) is 2.77. The van der Waals surface area contributed by atoms with Crippen LogP contribution in [0.15, 0.2) is 11.1 Å². The molecule has 1 aromatic heterocycles. The van der Waals surface area contributed by atoms with Crippen LogP contribution in [-0.2, 0) is 0 Å². The Bertz CT molecular complexity index is 446. The number of rotatable bonds is 2. The molecule has 0 amide bonds. The van der Waals surface area contributed by atoms with Crippen LogP contribution in [0.5, 0.6) is 5.88 Å². The molecule has 1 aliphatic carbocycles. The van der Waals surface area contributed by atoms with Crippen molar-refractivity contribution >= 4 is 11.6 Å². The van der Waals surface area contributed by atoms with Crippen molar-refractivity contribution in [3.63, 3.8) is 0 Å². The van der Waals surface area contributed by atoms with Crippen LogP contribution in [0.25, 0.3) is 0 Å². The first kappa shape index (κ1) is 12.4. The number of nitrogens with one attached hydrogen (secondary N) is 1. The summed E-state index contributed by atoms with van der Waals surface area (Å²) in [6, 6.07) is 0. The molecular formula is C12H17ClN2O2. The monoisotopic (exact) mass is 256 g/mol. The molecule has 0 aliphatic heterocycles. The molecule has 94 valence electrons. The summed E-state index contributed by atoms with van der Waals surface area (Å²) in [5.74, 6) is 0.250. The average molecular weight is 257 g/mol. The molecule has 1 saturated carbocycles. The second kappa shape index (κ2) is 4.69. The van der Waals surface area contributed by atoms with Crippen LogP contribution in [0.3, 0.4) is 0 Å². The van der Waals surface area contributed by atoms with E-state index in [1.165, 1.54) is 6.33 Å². The normalized spacial score (nSPS) is 20.2. The Balaban J connectivity index is 2.03. The van der Waals surface area contributed by atoms with Crippen molar-refractivity contribution in [2.24, 2.45) is 5.41 Å². The quantitative estimate of drug-likeness (QED) is 0.885. The highest BCUT2D eigenvalue weighted by Crippen LogP contribution is 2.36. The lowest BCUT2D eigenvalue weighted by molar-refractivity contribution is 0.0947. The summed E-state index contributed by atoms with van der Waals surface area (Å²) in [5.41, 5.74) is 0.0402. The molecule has 1 heterocycles. The Labute approximate surface area is 105 Å². The van der Waals surface area contributed by atoms with Gasteiger partial charge in [0.2, 0.25) is 5.88 Å². The maximum Gasteiger partial charge on any atom is 0.273 e. The molecule has 4 nitrogen and oxygen atoms in total. The van der Waals surface area contributed by atoms with E-state index in [1.807, 2.05) is 0 Å². The van der Waals surface area contributed by atoms with Crippen molar-refractivity contribution in [1.29, 1.82) is 0 Å². The molecule has 1 aliphatic rings. The maximum absolute atomic E-state index is 11.3. The highest BCUT2D eigenvalue weighted by atomic mass is 35.5. The van der Waals surface area contributed by atoms with E-state index < -0.39 is 0 Å². The third-order valence-electron chi connectivity index (χ3n) is 3.33. The molecule has 0 atom stereocenters. The topological polar surface area (TPSA) is 55.0 Å². The number of aromatic nitrogens is 2. The minimum absolute atomic E-state index is 0.0392. The molecule has 0 bridgehead atoms. The fourth-order valence-corrected chi connectivity index (χ4v) is 2.25. The zero-order valence-electron chi connectivity index (χ0n) is 10.1. The molecule has 1 N–H and O–H groups in total. The Kier molecular flexibility index (Phi) is 3.43.